The number of rotatable bonds is 4. The molecule has 0 aliphatic rings. The van der Waals surface area contributed by atoms with Crippen molar-refractivity contribution in [2.75, 3.05) is 11.6 Å². The van der Waals surface area contributed by atoms with Gasteiger partial charge in [0.15, 0.2) is 0 Å². The number of anilines is 1. The number of hydrogen-bond acceptors (Lipinski definition) is 2. The molecule has 0 saturated heterocycles. The lowest BCUT2D eigenvalue weighted by atomic mass is 10.1. The quantitative estimate of drug-likeness (QED) is 0.742. The van der Waals surface area contributed by atoms with Crippen molar-refractivity contribution in [3.8, 4) is 0 Å². The summed E-state index contributed by atoms with van der Waals surface area (Å²) >= 11 is 8.00. The molecule has 100 valence electrons. The van der Waals surface area contributed by atoms with Crippen LogP contribution in [-0.4, -0.2) is 6.26 Å². The first kappa shape index (κ1) is 14.3. The summed E-state index contributed by atoms with van der Waals surface area (Å²) in [6, 6.07) is 14.9. The molecule has 0 amide bonds. The predicted molar refractivity (Wildman–Crippen MR) is 86.4 cm³/mol. The molecule has 0 aliphatic carbocycles. The van der Waals surface area contributed by atoms with E-state index in [1.807, 2.05) is 19.1 Å². The number of nitrogens with one attached hydrogen (secondary N) is 1. The van der Waals surface area contributed by atoms with Crippen molar-refractivity contribution in [2.45, 2.75) is 24.8 Å². The van der Waals surface area contributed by atoms with Crippen molar-refractivity contribution in [1.29, 1.82) is 0 Å². The van der Waals surface area contributed by atoms with Crippen LogP contribution < -0.4 is 5.32 Å². The molecule has 3 heteroatoms. The van der Waals surface area contributed by atoms with Crippen molar-refractivity contribution >= 4 is 29.1 Å². The average Bonchev–Trinajstić information content (AvgIpc) is 2.42. The maximum absolute atomic E-state index is 6.24. The SMILES string of the molecule is CSc1ccc(C(C)Nc2ccc(C)cc2Cl)cc1. The Hall–Kier alpha value is -1.12. The molecular formula is C16H18ClNS. The Bertz CT molecular complexity index is 551. The molecule has 2 aromatic rings. The first-order valence-corrected chi connectivity index (χ1v) is 7.87. The Balaban J connectivity index is 2.13. The van der Waals surface area contributed by atoms with Gasteiger partial charge in [-0.3, -0.25) is 0 Å². The number of halogens is 1. The van der Waals surface area contributed by atoms with Gasteiger partial charge in [0.1, 0.15) is 0 Å². The zero-order valence-corrected chi connectivity index (χ0v) is 13.0. The van der Waals surface area contributed by atoms with Crippen molar-refractivity contribution in [2.24, 2.45) is 0 Å². The minimum Gasteiger partial charge on any atom is -0.377 e. The smallest absolute Gasteiger partial charge is 0.0640 e. The number of aryl methyl sites for hydroxylation is 1. The fourth-order valence-corrected chi connectivity index (χ4v) is 2.64. The van der Waals surface area contributed by atoms with Crippen LogP contribution in [0.3, 0.4) is 0 Å². The summed E-state index contributed by atoms with van der Waals surface area (Å²) in [5, 5.41) is 4.22. The Morgan fingerprint density at radius 2 is 1.79 bits per heavy atom. The van der Waals surface area contributed by atoms with Crippen LogP contribution in [0.4, 0.5) is 5.69 Å². The number of benzene rings is 2. The third kappa shape index (κ3) is 3.68. The first-order valence-electron chi connectivity index (χ1n) is 6.27. The lowest BCUT2D eigenvalue weighted by molar-refractivity contribution is 0.883. The van der Waals surface area contributed by atoms with E-state index in [2.05, 4.69) is 48.8 Å². The molecule has 2 rings (SSSR count). The van der Waals surface area contributed by atoms with E-state index in [0.717, 1.165) is 10.7 Å². The topological polar surface area (TPSA) is 12.0 Å². The van der Waals surface area contributed by atoms with E-state index in [9.17, 15) is 0 Å². The van der Waals surface area contributed by atoms with Gasteiger partial charge in [-0.05, 0) is 55.5 Å². The molecule has 1 nitrogen and oxygen atoms in total. The molecular weight excluding hydrogens is 274 g/mol. The van der Waals surface area contributed by atoms with Crippen molar-refractivity contribution in [1.82, 2.24) is 0 Å². The fraction of sp³-hybridized carbons (Fsp3) is 0.250. The molecule has 1 unspecified atom stereocenters. The molecule has 2 aromatic carbocycles. The third-order valence-electron chi connectivity index (χ3n) is 3.11. The van der Waals surface area contributed by atoms with Crippen LogP contribution in [0.1, 0.15) is 24.1 Å². The minimum absolute atomic E-state index is 0.233. The lowest BCUT2D eigenvalue weighted by Crippen LogP contribution is -2.06. The van der Waals surface area contributed by atoms with E-state index in [1.165, 1.54) is 16.0 Å². The maximum Gasteiger partial charge on any atom is 0.0640 e. The Labute approximate surface area is 124 Å². The molecule has 0 radical (unpaired) electrons. The standard InChI is InChI=1S/C16H18ClNS/c1-11-4-9-16(15(17)10-11)18-12(2)13-5-7-14(19-3)8-6-13/h4-10,12,18H,1-3H3. The highest BCUT2D eigenvalue weighted by atomic mass is 35.5. The van der Waals surface area contributed by atoms with Gasteiger partial charge in [0.05, 0.1) is 10.7 Å². The summed E-state index contributed by atoms with van der Waals surface area (Å²) in [4.78, 5) is 1.28. The summed E-state index contributed by atoms with van der Waals surface area (Å²) in [6.45, 7) is 4.19. The van der Waals surface area contributed by atoms with Gasteiger partial charge >= 0.3 is 0 Å². The molecule has 0 aliphatic heterocycles. The molecule has 1 N–H and O–H groups in total. The molecule has 19 heavy (non-hydrogen) atoms. The van der Waals surface area contributed by atoms with E-state index in [1.54, 1.807) is 11.8 Å². The Morgan fingerprint density at radius 3 is 2.37 bits per heavy atom. The summed E-state index contributed by atoms with van der Waals surface area (Å²) in [7, 11) is 0. The third-order valence-corrected chi connectivity index (χ3v) is 4.17. The maximum atomic E-state index is 6.24. The van der Waals surface area contributed by atoms with Crippen LogP contribution >= 0.6 is 23.4 Å². The molecule has 0 aromatic heterocycles. The van der Waals surface area contributed by atoms with Crippen molar-refractivity contribution < 1.29 is 0 Å². The number of hydrogen-bond donors (Lipinski definition) is 1. The molecule has 0 heterocycles. The van der Waals surface area contributed by atoms with Crippen LogP contribution in [0.2, 0.25) is 5.02 Å². The summed E-state index contributed by atoms with van der Waals surface area (Å²) < 4.78 is 0. The first-order chi connectivity index (χ1) is 9.10. The highest BCUT2D eigenvalue weighted by molar-refractivity contribution is 7.98. The molecule has 0 bridgehead atoms. The second-order valence-electron chi connectivity index (χ2n) is 4.62. The van der Waals surface area contributed by atoms with Gasteiger partial charge in [0.25, 0.3) is 0 Å². The van der Waals surface area contributed by atoms with Gasteiger partial charge in [0, 0.05) is 10.9 Å². The van der Waals surface area contributed by atoms with Gasteiger partial charge in [-0.1, -0.05) is 29.8 Å². The second kappa shape index (κ2) is 6.36. The van der Waals surface area contributed by atoms with Gasteiger partial charge in [-0.2, -0.15) is 0 Å². The molecule has 0 saturated carbocycles. The van der Waals surface area contributed by atoms with E-state index >= 15 is 0 Å². The molecule has 0 fully saturated rings. The van der Waals surface area contributed by atoms with Gasteiger partial charge in [0.2, 0.25) is 0 Å². The lowest BCUT2D eigenvalue weighted by Gasteiger charge is -2.17. The minimum atomic E-state index is 0.233. The Kier molecular flexibility index (Phi) is 4.78. The largest absolute Gasteiger partial charge is 0.377 e. The van der Waals surface area contributed by atoms with Gasteiger partial charge in [-0.25, -0.2) is 0 Å². The fourth-order valence-electron chi connectivity index (χ4n) is 1.95. The normalized spacial score (nSPS) is 12.2. The van der Waals surface area contributed by atoms with Crippen LogP contribution in [0.5, 0.6) is 0 Å². The van der Waals surface area contributed by atoms with Crippen molar-refractivity contribution in [3.05, 3.63) is 58.6 Å². The van der Waals surface area contributed by atoms with Crippen LogP contribution in [0.15, 0.2) is 47.4 Å². The molecule has 1 atom stereocenters. The van der Waals surface area contributed by atoms with E-state index in [0.29, 0.717) is 0 Å². The van der Waals surface area contributed by atoms with Crippen molar-refractivity contribution in [3.63, 3.8) is 0 Å². The second-order valence-corrected chi connectivity index (χ2v) is 5.91. The zero-order chi connectivity index (χ0) is 13.8. The summed E-state index contributed by atoms with van der Waals surface area (Å²) in [6.07, 6.45) is 2.09. The van der Waals surface area contributed by atoms with Crippen LogP contribution in [-0.2, 0) is 0 Å². The zero-order valence-electron chi connectivity index (χ0n) is 11.4. The van der Waals surface area contributed by atoms with Crippen LogP contribution in [0.25, 0.3) is 0 Å². The van der Waals surface area contributed by atoms with Crippen LogP contribution in [0, 0.1) is 6.92 Å². The highest BCUT2D eigenvalue weighted by Crippen LogP contribution is 2.27. The number of thioether (sulfide) groups is 1. The van der Waals surface area contributed by atoms with Gasteiger partial charge < -0.3 is 5.32 Å². The molecule has 0 spiro atoms. The summed E-state index contributed by atoms with van der Waals surface area (Å²) in [5.41, 5.74) is 3.41. The predicted octanol–water partition coefficient (Wildman–Crippen LogP) is 5.54. The van der Waals surface area contributed by atoms with E-state index in [4.69, 9.17) is 11.6 Å². The van der Waals surface area contributed by atoms with E-state index in [-0.39, 0.29) is 6.04 Å². The monoisotopic (exact) mass is 291 g/mol. The van der Waals surface area contributed by atoms with E-state index < -0.39 is 0 Å². The Morgan fingerprint density at radius 1 is 1.11 bits per heavy atom. The average molecular weight is 292 g/mol. The summed E-state index contributed by atoms with van der Waals surface area (Å²) in [5.74, 6) is 0. The van der Waals surface area contributed by atoms with Gasteiger partial charge in [-0.15, -0.1) is 11.8 Å². The highest BCUT2D eigenvalue weighted by Gasteiger charge is 2.07.